The van der Waals surface area contributed by atoms with Crippen molar-refractivity contribution >= 4 is 23.6 Å². The van der Waals surface area contributed by atoms with E-state index in [9.17, 15) is 9.59 Å². The number of piperidine rings is 1. The molecular formula is C19H30N4O2S. The Labute approximate surface area is 160 Å². The van der Waals surface area contributed by atoms with Crippen molar-refractivity contribution in [1.29, 1.82) is 0 Å². The van der Waals surface area contributed by atoms with Crippen LogP contribution in [-0.2, 0) is 23.1 Å². The zero-order chi connectivity index (χ0) is 18.6. The van der Waals surface area contributed by atoms with Crippen LogP contribution in [0.4, 0.5) is 0 Å². The zero-order valence-electron chi connectivity index (χ0n) is 15.9. The number of aryl methyl sites for hydroxylation is 2. The number of thioether (sulfide) groups is 1. The van der Waals surface area contributed by atoms with E-state index in [0.717, 1.165) is 56.6 Å². The summed E-state index contributed by atoms with van der Waals surface area (Å²) in [5.74, 6) is 1.82. The van der Waals surface area contributed by atoms with Gasteiger partial charge >= 0.3 is 0 Å². The summed E-state index contributed by atoms with van der Waals surface area (Å²) in [6, 6.07) is 0. The summed E-state index contributed by atoms with van der Waals surface area (Å²) in [6.45, 7) is 1.63. The van der Waals surface area contributed by atoms with Gasteiger partial charge in [-0.05, 0) is 44.3 Å². The lowest BCUT2D eigenvalue weighted by Crippen LogP contribution is -2.48. The van der Waals surface area contributed by atoms with Gasteiger partial charge in [0.05, 0.1) is 6.33 Å². The Morgan fingerprint density at radius 2 is 2.04 bits per heavy atom. The predicted octanol–water partition coefficient (Wildman–Crippen LogP) is 1.99. The van der Waals surface area contributed by atoms with Crippen molar-refractivity contribution in [2.24, 2.45) is 13.0 Å². The third-order valence-electron chi connectivity index (χ3n) is 5.85. The Balaban J connectivity index is 1.43. The second-order valence-corrected chi connectivity index (χ2v) is 8.58. The Bertz CT molecular complexity index is 633. The number of nitrogens with one attached hydrogen (secondary N) is 1. The molecule has 1 aliphatic carbocycles. The van der Waals surface area contributed by atoms with Crippen LogP contribution >= 0.6 is 11.8 Å². The van der Waals surface area contributed by atoms with Crippen molar-refractivity contribution < 1.29 is 9.59 Å². The van der Waals surface area contributed by atoms with Gasteiger partial charge in [0, 0.05) is 56.2 Å². The highest BCUT2D eigenvalue weighted by Crippen LogP contribution is 2.46. The number of hydrogen-bond donors (Lipinski definition) is 1. The molecule has 0 radical (unpaired) electrons. The normalized spacial score (nSPS) is 19.4. The first-order valence-electron chi connectivity index (χ1n) is 9.57. The van der Waals surface area contributed by atoms with Crippen molar-refractivity contribution in [2.45, 2.75) is 50.5 Å². The molecule has 0 bridgehead atoms. The summed E-state index contributed by atoms with van der Waals surface area (Å²) in [6.07, 6.45) is 11.7. The van der Waals surface area contributed by atoms with Gasteiger partial charge in [0.1, 0.15) is 0 Å². The molecule has 1 aromatic rings. The highest BCUT2D eigenvalue weighted by Gasteiger charge is 2.50. The predicted molar refractivity (Wildman–Crippen MR) is 104 cm³/mol. The molecule has 0 spiro atoms. The summed E-state index contributed by atoms with van der Waals surface area (Å²) in [5.41, 5.74) is 1.12. The Hall–Kier alpha value is -1.50. The quantitative estimate of drug-likeness (QED) is 0.751. The zero-order valence-corrected chi connectivity index (χ0v) is 16.7. The maximum absolute atomic E-state index is 12.5. The van der Waals surface area contributed by atoms with E-state index >= 15 is 0 Å². The average molecular weight is 379 g/mol. The summed E-state index contributed by atoms with van der Waals surface area (Å²) in [7, 11) is 1.96. The molecule has 1 aliphatic heterocycles. The molecule has 26 heavy (non-hydrogen) atoms. The largest absolute Gasteiger partial charge is 0.350 e. The number of carbonyl (C=O) groups is 2. The topological polar surface area (TPSA) is 67.2 Å². The molecule has 2 fully saturated rings. The summed E-state index contributed by atoms with van der Waals surface area (Å²) in [4.78, 5) is 30.7. The van der Waals surface area contributed by atoms with Crippen LogP contribution < -0.4 is 5.32 Å². The van der Waals surface area contributed by atoms with Gasteiger partial charge in [0.2, 0.25) is 11.8 Å². The summed E-state index contributed by atoms with van der Waals surface area (Å²) < 4.78 is 1.97. The van der Waals surface area contributed by atoms with Gasteiger partial charge < -0.3 is 14.8 Å². The first-order chi connectivity index (χ1) is 12.5. The number of imidazole rings is 1. The van der Waals surface area contributed by atoms with Crippen LogP contribution in [0.1, 0.15) is 44.2 Å². The van der Waals surface area contributed by atoms with Gasteiger partial charge in [0.15, 0.2) is 0 Å². The van der Waals surface area contributed by atoms with Crippen LogP contribution in [0.25, 0.3) is 0 Å². The van der Waals surface area contributed by atoms with E-state index < -0.39 is 0 Å². The van der Waals surface area contributed by atoms with E-state index in [-0.39, 0.29) is 17.4 Å². The van der Waals surface area contributed by atoms with Crippen molar-refractivity contribution in [3.8, 4) is 0 Å². The van der Waals surface area contributed by atoms with Crippen LogP contribution in [0.15, 0.2) is 12.5 Å². The van der Waals surface area contributed by atoms with Crippen LogP contribution in [0.3, 0.4) is 0 Å². The van der Waals surface area contributed by atoms with Gasteiger partial charge in [-0.3, -0.25) is 9.59 Å². The number of hydrogen-bond acceptors (Lipinski definition) is 4. The molecular weight excluding hydrogens is 348 g/mol. The number of amides is 2. The third-order valence-corrected chi connectivity index (χ3v) is 6.46. The molecule has 7 heteroatoms. The lowest BCUT2D eigenvalue weighted by atomic mass is 9.87. The fraction of sp³-hybridized carbons (Fsp3) is 0.737. The minimum absolute atomic E-state index is 0.0271. The molecule has 1 aromatic heterocycles. The molecule has 2 amide bonds. The molecule has 3 rings (SSSR count). The maximum atomic E-state index is 12.5. The van der Waals surface area contributed by atoms with Gasteiger partial charge in [-0.1, -0.05) is 0 Å². The van der Waals surface area contributed by atoms with E-state index in [2.05, 4.69) is 10.3 Å². The van der Waals surface area contributed by atoms with Crippen molar-refractivity contribution in [3.63, 3.8) is 0 Å². The lowest BCUT2D eigenvalue weighted by molar-refractivity contribution is -0.133. The van der Waals surface area contributed by atoms with Gasteiger partial charge in [0.25, 0.3) is 0 Å². The molecule has 2 aliphatic rings. The summed E-state index contributed by atoms with van der Waals surface area (Å²) >= 11 is 1.71. The lowest BCUT2D eigenvalue weighted by Gasteiger charge is -2.37. The molecule has 1 saturated carbocycles. The number of likely N-dealkylation sites (tertiary alicyclic amines) is 1. The van der Waals surface area contributed by atoms with Gasteiger partial charge in [-0.2, -0.15) is 11.8 Å². The molecule has 6 nitrogen and oxygen atoms in total. The standard InChI is InChI=1S/C19H30N4O2S/c1-22-14-20-13-16(22)3-4-18(25)23-10-5-15(6-11-23)19(8-9-19)21-17(24)7-12-26-2/h13-15H,3-12H2,1-2H3,(H,21,24). The molecule has 0 atom stereocenters. The first-order valence-corrected chi connectivity index (χ1v) is 11.0. The third kappa shape index (κ3) is 4.61. The molecule has 1 saturated heterocycles. The Morgan fingerprint density at radius 1 is 1.31 bits per heavy atom. The second-order valence-electron chi connectivity index (χ2n) is 7.60. The smallest absolute Gasteiger partial charge is 0.222 e. The van der Waals surface area contributed by atoms with E-state index in [1.165, 1.54) is 0 Å². The van der Waals surface area contributed by atoms with Crippen LogP contribution in [0.5, 0.6) is 0 Å². The Morgan fingerprint density at radius 3 is 2.62 bits per heavy atom. The van der Waals surface area contributed by atoms with Crippen LogP contribution in [0, 0.1) is 5.92 Å². The van der Waals surface area contributed by atoms with Crippen molar-refractivity contribution in [3.05, 3.63) is 18.2 Å². The van der Waals surface area contributed by atoms with Crippen LogP contribution in [0.2, 0.25) is 0 Å². The minimum atomic E-state index is 0.0271. The van der Waals surface area contributed by atoms with Gasteiger partial charge in [-0.15, -0.1) is 0 Å². The van der Waals surface area contributed by atoms with Crippen LogP contribution in [-0.4, -0.2) is 56.9 Å². The van der Waals surface area contributed by atoms with Gasteiger partial charge in [-0.25, -0.2) is 4.98 Å². The Kier molecular flexibility index (Phi) is 6.27. The maximum Gasteiger partial charge on any atom is 0.222 e. The molecule has 0 aromatic carbocycles. The fourth-order valence-corrected chi connectivity index (χ4v) is 4.39. The van der Waals surface area contributed by atoms with E-state index in [0.29, 0.717) is 18.8 Å². The molecule has 1 N–H and O–H groups in total. The van der Waals surface area contributed by atoms with E-state index in [1.54, 1.807) is 18.1 Å². The number of carbonyl (C=O) groups excluding carboxylic acids is 2. The van der Waals surface area contributed by atoms with Crippen molar-refractivity contribution in [1.82, 2.24) is 19.8 Å². The van der Waals surface area contributed by atoms with E-state index in [4.69, 9.17) is 0 Å². The minimum Gasteiger partial charge on any atom is -0.350 e. The molecule has 0 unspecified atom stereocenters. The second kappa shape index (κ2) is 8.46. The number of aromatic nitrogens is 2. The number of rotatable bonds is 8. The molecule has 2 heterocycles. The van der Waals surface area contributed by atoms with Crippen molar-refractivity contribution in [2.75, 3.05) is 25.1 Å². The monoisotopic (exact) mass is 378 g/mol. The SMILES string of the molecule is CSCCC(=O)NC1(C2CCN(C(=O)CCc3cncn3C)CC2)CC1. The van der Waals surface area contributed by atoms with E-state index in [1.807, 2.05) is 29.0 Å². The fourth-order valence-electron chi connectivity index (χ4n) is 4.00. The number of nitrogens with zero attached hydrogens (tertiary/aromatic N) is 3. The summed E-state index contributed by atoms with van der Waals surface area (Å²) in [5, 5.41) is 3.30. The molecule has 144 valence electrons. The highest BCUT2D eigenvalue weighted by atomic mass is 32.2. The average Bonchev–Trinajstić information content (AvgIpc) is 3.31. The first kappa shape index (κ1) is 19.3. The highest BCUT2D eigenvalue weighted by molar-refractivity contribution is 7.98.